The van der Waals surface area contributed by atoms with E-state index in [0.717, 1.165) is 21.5 Å². The van der Waals surface area contributed by atoms with E-state index in [1.165, 1.54) is 0 Å². The molecule has 0 amide bonds. The van der Waals surface area contributed by atoms with Crippen LogP contribution in [0.2, 0.25) is 0 Å². The van der Waals surface area contributed by atoms with Crippen LogP contribution in [0.5, 0.6) is 0 Å². The van der Waals surface area contributed by atoms with Gasteiger partial charge in [0.1, 0.15) is 0 Å². The maximum atomic E-state index is 13.3. The topological polar surface area (TPSA) is 43.4 Å². The van der Waals surface area contributed by atoms with Crippen molar-refractivity contribution in [3.8, 4) is 0 Å². The molecular weight excluding hydrogens is 384 g/mol. The number of ketones is 1. The largest absolute Gasteiger partial charge is 0.445 e. The highest BCUT2D eigenvalue weighted by molar-refractivity contribution is 6.03. The standard InChI is InChI=1S/C28H20O3/c29-26(21-9-3-4-10-21)27(24-15-13-19-7-1-5-11-22(19)17-24)31-28(30)25-16-14-20-8-2-6-12-23(20)18-25/h1-9,11-18,27H,10H2. The average molecular weight is 404 g/mol. The van der Waals surface area contributed by atoms with E-state index in [9.17, 15) is 9.59 Å². The van der Waals surface area contributed by atoms with Crippen LogP contribution >= 0.6 is 0 Å². The lowest BCUT2D eigenvalue weighted by Crippen LogP contribution is -2.21. The van der Waals surface area contributed by atoms with Gasteiger partial charge in [-0.05, 0) is 46.2 Å². The SMILES string of the molecule is O=C(OC(C(=O)C1=CC=CC1)c1ccc2ccccc2c1)c1ccc2ccccc2c1. The first kappa shape index (κ1) is 19.0. The Bertz CT molecular complexity index is 1380. The molecule has 0 N–H and O–H groups in total. The lowest BCUT2D eigenvalue weighted by Gasteiger charge is -2.19. The molecule has 0 fully saturated rings. The number of Topliss-reactive ketones (excluding diaryl/α,β-unsaturated/α-hetero) is 1. The van der Waals surface area contributed by atoms with Crippen LogP contribution < -0.4 is 0 Å². The molecule has 0 aliphatic heterocycles. The number of esters is 1. The predicted octanol–water partition coefficient (Wildman–Crippen LogP) is 6.35. The lowest BCUT2D eigenvalue weighted by molar-refractivity contribution is -0.124. The van der Waals surface area contributed by atoms with Gasteiger partial charge in [0.15, 0.2) is 6.10 Å². The summed E-state index contributed by atoms with van der Waals surface area (Å²) in [5.74, 6) is -0.696. The van der Waals surface area contributed by atoms with E-state index < -0.39 is 12.1 Å². The molecule has 1 unspecified atom stereocenters. The molecule has 0 aromatic heterocycles. The first-order chi connectivity index (χ1) is 15.2. The Balaban J connectivity index is 1.51. The fourth-order valence-electron chi connectivity index (χ4n) is 3.93. The molecular formula is C28H20O3. The van der Waals surface area contributed by atoms with Gasteiger partial charge in [0.05, 0.1) is 5.56 Å². The summed E-state index contributed by atoms with van der Waals surface area (Å²) in [5.41, 5.74) is 1.74. The summed E-state index contributed by atoms with van der Waals surface area (Å²) in [7, 11) is 0. The Labute approximate surface area is 180 Å². The second-order valence-corrected chi connectivity index (χ2v) is 7.64. The van der Waals surface area contributed by atoms with Gasteiger partial charge in [-0.15, -0.1) is 0 Å². The summed E-state index contributed by atoms with van der Waals surface area (Å²) in [6.07, 6.45) is 5.14. The lowest BCUT2D eigenvalue weighted by atomic mass is 9.96. The van der Waals surface area contributed by atoms with Crippen LogP contribution in [0.1, 0.15) is 28.4 Å². The Hall–Kier alpha value is -3.98. The Morgan fingerprint density at radius 1 is 0.742 bits per heavy atom. The summed E-state index contributed by atoms with van der Waals surface area (Å²) in [6, 6.07) is 26.9. The highest BCUT2D eigenvalue weighted by Crippen LogP contribution is 2.29. The number of fused-ring (bicyclic) bond motifs is 2. The van der Waals surface area contributed by atoms with Crippen molar-refractivity contribution in [2.75, 3.05) is 0 Å². The van der Waals surface area contributed by atoms with Crippen LogP contribution in [-0.4, -0.2) is 11.8 Å². The zero-order valence-corrected chi connectivity index (χ0v) is 16.8. The van der Waals surface area contributed by atoms with Crippen molar-refractivity contribution in [3.05, 3.63) is 120 Å². The van der Waals surface area contributed by atoms with E-state index in [1.807, 2.05) is 84.9 Å². The van der Waals surface area contributed by atoms with Crippen molar-refractivity contribution in [2.24, 2.45) is 0 Å². The van der Waals surface area contributed by atoms with Gasteiger partial charge >= 0.3 is 5.97 Å². The number of carbonyl (C=O) groups excluding carboxylic acids is 2. The van der Waals surface area contributed by atoms with E-state index in [2.05, 4.69) is 0 Å². The minimum absolute atomic E-state index is 0.186. The molecule has 4 aromatic carbocycles. The molecule has 0 saturated heterocycles. The molecule has 1 atom stereocenters. The molecule has 0 spiro atoms. The molecule has 1 aliphatic carbocycles. The van der Waals surface area contributed by atoms with Gasteiger partial charge in [-0.1, -0.05) is 85.0 Å². The van der Waals surface area contributed by atoms with E-state index in [0.29, 0.717) is 23.1 Å². The summed E-state index contributed by atoms with van der Waals surface area (Å²) in [6.45, 7) is 0. The second-order valence-electron chi connectivity index (χ2n) is 7.64. The van der Waals surface area contributed by atoms with Crippen molar-refractivity contribution in [3.63, 3.8) is 0 Å². The molecule has 4 aromatic rings. The minimum atomic E-state index is -0.991. The zero-order chi connectivity index (χ0) is 21.2. The Morgan fingerprint density at radius 2 is 1.39 bits per heavy atom. The van der Waals surface area contributed by atoms with E-state index in [1.54, 1.807) is 18.2 Å². The van der Waals surface area contributed by atoms with Crippen molar-refractivity contribution < 1.29 is 14.3 Å². The maximum Gasteiger partial charge on any atom is 0.339 e. The predicted molar refractivity (Wildman–Crippen MR) is 123 cm³/mol. The van der Waals surface area contributed by atoms with Gasteiger partial charge in [0.25, 0.3) is 0 Å². The number of hydrogen-bond acceptors (Lipinski definition) is 3. The van der Waals surface area contributed by atoms with Crippen molar-refractivity contribution in [1.82, 2.24) is 0 Å². The van der Waals surface area contributed by atoms with Crippen LogP contribution in [-0.2, 0) is 9.53 Å². The summed E-state index contributed by atoms with van der Waals surface area (Å²) >= 11 is 0. The molecule has 0 radical (unpaired) electrons. The van der Waals surface area contributed by atoms with Crippen LogP contribution in [0.25, 0.3) is 21.5 Å². The zero-order valence-electron chi connectivity index (χ0n) is 16.8. The third kappa shape index (κ3) is 3.78. The molecule has 0 bridgehead atoms. The quantitative estimate of drug-likeness (QED) is 0.364. The Kier molecular flexibility index (Phi) is 4.93. The molecule has 0 heterocycles. The molecule has 150 valence electrons. The highest BCUT2D eigenvalue weighted by atomic mass is 16.5. The summed E-state index contributed by atoms with van der Waals surface area (Å²) in [4.78, 5) is 26.3. The van der Waals surface area contributed by atoms with E-state index in [-0.39, 0.29) is 5.78 Å². The Morgan fingerprint density at radius 3 is 2.06 bits per heavy atom. The first-order valence-corrected chi connectivity index (χ1v) is 10.3. The van der Waals surface area contributed by atoms with Gasteiger partial charge in [-0.3, -0.25) is 4.79 Å². The monoisotopic (exact) mass is 404 g/mol. The van der Waals surface area contributed by atoms with E-state index >= 15 is 0 Å². The number of hydrogen-bond donors (Lipinski definition) is 0. The van der Waals surface area contributed by atoms with Crippen LogP contribution in [0.4, 0.5) is 0 Å². The number of ether oxygens (including phenoxy) is 1. The fourth-order valence-corrected chi connectivity index (χ4v) is 3.93. The third-order valence-electron chi connectivity index (χ3n) is 5.61. The maximum absolute atomic E-state index is 13.3. The van der Waals surface area contributed by atoms with Gasteiger partial charge < -0.3 is 4.74 Å². The number of benzene rings is 4. The number of allylic oxidation sites excluding steroid dienone is 3. The minimum Gasteiger partial charge on any atom is -0.445 e. The summed E-state index contributed by atoms with van der Waals surface area (Å²) < 4.78 is 5.84. The van der Waals surface area contributed by atoms with Crippen LogP contribution in [0.3, 0.4) is 0 Å². The molecule has 0 saturated carbocycles. The van der Waals surface area contributed by atoms with Gasteiger partial charge in [0.2, 0.25) is 5.78 Å². The molecule has 3 heteroatoms. The molecule has 5 rings (SSSR count). The number of rotatable bonds is 5. The van der Waals surface area contributed by atoms with Gasteiger partial charge in [-0.25, -0.2) is 4.79 Å². The average Bonchev–Trinajstić information content (AvgIpc) is 3.36. The van der Waals surface area contributed by atoms with Gasteiger partial charge in [0, 0.05) is 11.1 Å². The van der Waals surface area contributed by atoms with Crippen molar-refractivity contribution in [2.45, 2.75) is 12.5 Å². The van der Waals surface area contributed by atoms with Gasteiger partial charge in [-0.2, -0.15) is 0 Å². The molecule has 1 aliphatic rings. The summed E-state index contributed by atoms with van der Waals surface area (Å²) in [5, 5.41) is 4.06. The van der Waals surface area contributed by atoms with Crippen LogP contribution in [0, 0.1) is 0 Å². The smallest absolute Gasteiger partial charge is 0.339 e. The van der Waals surface area contributed by atoms with E-state index in [4.69, 9.17) is 4.74 Å². The second kappa shape index (κ2) is 8.04. The van der Waals surface area contributed by atoms with Crippen molar-refractivity contribution in [1.29, 1.82) is 0 Å². The number of carbonyl (C=O) groups is 2. The first-order valence-electron chi connectivity index (χ1n) is 10.3. The van der Waals surface area contributed by atoms with Crippen LogP contribution in [0.15, 0.2) is 109 Å². The molecule has 31 heavy (non-hydrogen) atoms. The normalized spacial score (nSPS) is 13.9. The fraction of sp³-hybridized carbons (Fsp3) is 0.0714. The molecule has 3 nitrogen and oxygen atoms in total. The highest BCUT2D eigenvalue weighted by Gasteiger charge is 2.28. The third-order valence-corrected chi connectivity index (χ3v) is 5.61. The van der Waals surface area contributed by atoms with Crippen molar-refractivity contribution >= 4 is 33.3 Å².